The number of nitrogen functional groups attached to an aromatic ring is 1. The molecule has 6 nitrogen and oxygen atoms in total. The number of hydrogen-bond donors (Lipinski definition) is 1. The summed E-state index contributed by atoms with van der Waals surface area (Å²) in [6.07, 6.45) is 2.21. The molecule has 1 aromatic heterocycles. The van der Waals surface area contributed by atoms with Crippen molar-refractivity contribution in [2.45, 2.75) is 32.4 Å². The van der Waals surface area contributed by atoms with Crippen molar-refractivity contribution in [1.82, 2.24) is 20.2 Å². The Balaban J connectivity index is 1.87. The van der Waals surface area contributed by atoms with Crippen LogP contribution in [0.5, 0.6) is 0 Å². The monoisotopic (exact) mass is 291 g/mol. The Labute approximate surface area is 122 Å². The first-order valence-electron chi connectivity index (χ1n) is 7.12. The van der Waals surface area contributed by atoms with Gasteiger partial charge in [-0.1, -0.05) is 6.92 Å². The van der Waals surface area contributed by atoms with Gasteiger partial charge in [-0.25, -0.2) is 9.07 Å². The van der Waals surface area contributed by atoms with Crippen molar-refractivity contribution in [2.75, 3.05) is 12.3 Å². The van der Waals surface area contributed by atoms with Gasteiger partial charge in [0.15, 0.2) is 5.82 Å². The molecule has 21 heavy (non-hydrogen) atoms. The fourth-order valence-electron chi connectivity index (χ4n) is 2.83. The van der Waals surface area contributed by atoms with E-state index in [1.807, 2.05) is 0 Å². The Bertz CT molecular complexity index is 630. The summed E-state index contributed by atoms with van der Waals surface area (Å²) in [7, 11) is 0. The third-order valence-electron chi connectivity index (χ3n) is 3.94. The lowest BCUT2D eigenvalue weighted by molar-refractivity contribution is 0.0825. The van der Waals surface area contributed by atoms with E-state index in [4.69, 9.17) is 10.5 Å². The molecule has 0 amide bonds. The van der Waals surface area contributed by atoms with E-state index in [9.17, 15) is 4.39 Å². The number of nitrogens with two attached hydrogens (primary N) is 1. The smallest absolute Gasteiger partial charge is 0.184 e. The van der Waals surface area contributed by atoms with E-state index in [2.05, 4.69) is 22.4 Å². The Morgan fingerprint density at radius 3 is 3.10 bits per heavy atom. The number of aromatic nitrogens is 4. The van der Waals surface area contributed by atoms with Crippen molar-refractivity contribution in [3.05, 3.63) is 24.0 Å². The second kappa shape index (κ2) is 5.77. The molecule has 0 spiro atoms. The predicted octanol–water partition coefficient (Wildman–Crippen LogP) is 1.88. The van der Waals surface area contributed by atoms with Gasteiger partial charge < -0.3 is 10.5 Å². The second-order valence-corrected chi connectivity index (χ2v) is 5.28. The summed E-state index contributed by atoms with van der Waals surface area (Å²) in [5.41, 5.74) is 6.85. The molecule has 0 bridgehead atoms. The molecule has 0 aliphatic carbocycles. The molecule has 0 saturated carbocycles. The van der Waals surface area contributed by atoms with Crippen LogP contribution in [0.1, 0.15) is 19.8 Å². The number of hydrogen-bond acceptors (Lipinski definition) is 5. The van der Waals surface area contributed by atoms with Crippen LogP contribution in [0.25, 0.3) is 11.4 Å². The molecule has 2 atom stereocenters. The van der Waals surface area contributed by atoms with Gasteiger partial charge in [0.05, 0.1) is 12.6 Å². The zero-order valence-electron chi connectivity index (χ0n) is 11.9. The minimum Gasteiger partial charge on any atom is -0.398 e. The average molecular weight is 291 g/mol. The van der Waals surface area contributed by atoms with Crippen LogP contribution in [0.15, 0.2) is 18.2 Å². The molecular weight excluding hydrogens is 273 g/mol. The van der Waals surface area contributed by atoms with Gasteiger partial charge in [-0.3, -0.25) is 0 Å². The quantitative estimate of drug-likeness (QED) is 0.870. The van der Waals surface area contributed by atoms with Crippen molar-refractivity contribution >= 4 is 5.69 Å². The Morgan fingerprint density at radius 1 is 1.48 bits per heavy atom. The number of anilines is 1. The van der Waals surface area contributed by atoms with Gasteiger partial charge in [0.25, 0.3) is 0 Å². The topological polar surface area (TPSA) is 78.8 Å². The van der Waals surface area contributed by atoms with E-state index in [0.717, 1.165) is 19.4 Å². The Hall–Kier alpha value is -2.02. The first kappa shape index (κ1) is 13.9. The zero-order chi connectivity index (χ0) is 14.8. The van der Waals surface area contributed by atoms with E-state index in [-0.39, 0.29) is 11.9 Å². The van der Waals surface area contributed by atoms with Crippen molar-refractivity contribution < 1.29 is 9.13 Å². The molecule has 2 aromatic rings. The van der Waals surface area contributed by atoms with Gasteiger partial charge in [0, 0.05) is 23.8 Å². The fourth-order valence-corrected chi connectivity index (χ4v) is 2.83. The van der Waals surface area contributed by atoms with Crippen molar-refractivity contribution in [2.24, 2.45) is 5.92 Å². The van der Waals surface area contributed by atoms with Crippen LogP contribution < -0.4 is 5.73 Å². The number of ether oxygens (including phenoxy) is 1. The van der Waals surface area contributed by atoms with Crippen molar-refractivity contribution in [1.29, 1.82) is 0 Å². The van der Waals surface area contributed by atoms with Gasteiger partial charge in [0.2, 0.25) is 0 Å². The SMILES string of the molecule is CCC1OCCC1Cn1nnnc1-c1ccc(F)cc1N. The number of tetrazole rings is 1. The van der Waals surface area contributed by atoms with Gasteiger partial charge in [-0.15, -0.1) is 5.10 Å². The Morgan fingerprint density at radius 2 is 2.33 bits per heavy atom. The van der Waals surface area contributed by atoms with Crippen LogP contribution in [0, 0.1) is 11.7 Å². The summed E-state index contributed by atoms with van der Waals surface area (Å²) >= 11 is 0. The standard InChI is InChI=1S/C14H18FN5O/c1-2-13-9(5-6-21-13)8-20-14(17-18-19-20)11-4-3-10(15)7-12(11)16/h3-4,7,9,13H,2,5-6,8,16H2,1H3. The number of nitrogens with zero attached hydrogens (tertiary/aromatic N) is 4. The number of benzene rings is 1. The molecule has 0 radical (unpaired) electrons. The predicted molar refractivity (Wildman–Crippen MR) is 75.8 cm³/mol. The van der Waals surface area contributed by atoms with Crippen molar-refractivity contribution in [3.63, 3.8) is 0 Å². The minimum absolute atomic E-state index is 0.243. The van der Waals surface area contributed by atoms with Crippen LogP contribution in [0.4, 0.5) is 10.1 Å². The van der Waals surface area contributed by atoms with Crippen LogP contribution in [-0.2, 0) is 11.3 Å². The van der Waals surface area contributed by atoms with Gasteiger partial charge in [-0.05, 0) is 41.5 Å². The first-order chi connectivity index (χ1) is 10.2. The van der Waals surface area contributed by atoms with Crippen LogP contribution in [-0.4, -0.2) is 32.9 Å². The molecule has 1 aliphatic rings. The molecule has 1 fully saturated rings. The molecule has 2 heterocycles. The first-order valence-corrected chi connectivity index (χ1v) is 7.12. The number of halogens is 1. The van der Waals surface area contributed by atoms with E-state index < -0.39 is 0 Å². The van der Waals surface area contributed by atoms with Gasteiger partial charge >= 0.3 is 0 Å². The summed E-state index contributed by atoms with van der Waals surface area (Å²) in [6, 6.07) is 4.25. The minimum atomic E-state index is -0.370. The highest BCUT2D eigenvalue weighted by Gasteiger charge is 2.28. The normalized spacial score (nSPS) is 21.8. The van der Waals surface area contributed by atoms with E-state index in [0.29, 0.717) is 29.5 Å². The summed E-state index contributed by atoms with van der Waals surface area (Å²) in [6.45, 7) is 3.57. The summed E-state index contributed by atoms with van der Waals surface area (Å²) in [5.74, 6) is 0.582. The van der Waals surface area contributed by atoms with E-state index in [1.54, 1.807) is 10.7 Å². The largest absolute Gasteiger partial charge is 0.398 e. The fraction of sp³-hybridized carbons (Fsp3) is 0.500. The third-order valence-corrected chi connectivity index (χ3v) is 3.94. The lowest BCUT2D eigenvalue weighted by Crippen LogP contribution is -2.21. The molecule has 1 aromatic carbocycles. The maximum absolute atomic E-state index is 13.2. The lowest BCUT2D eigenvalue weighted by atomic mass is 9.99. The van der Waals surface area contributed by atoms with Crippen molar-refractivity contribution in [3.8, 4) is 11.4 Å². The van der Waals surface area contributed by atoms with Crippen LogP contribution in [0.3, 0.4) is 0 Å². The molecule has 1 aliphatic heterocycles. The highest BCUT2D eigenvalue weighted by molar-refractivity contribution is 5.71. The van der Waals surface area contributed by atoms with Crippen LogP contribution in [0.2, 0.25) is 0 Å². The summed E-state index contributed by atoms with van der Waals surface area (Å²) < 4.78 is 20.6. The molecule has 112 valence electrons. The maximum atomic E-state index is 13.2. The molecular formula is C14H18FN5O. The van der Waals surface area contributed by atoms with Gasteiger partial charge in [0.1, 0.15) is 5.82 Å². The summed E-state index contributed by atoms with van der Waals surface area (Å²) in [4.78, 5) is 0. The van der Waals surface area contributed by atoms with E-state index >= 15 is 0 Å². The molecule has 2 N–H and O–H groups in total. The van der Waals surface area contributed by atoms with E-state index in [1.165, 1.54) is 12.1 Å². The zero-order valence-corrected chi connectivity index (χ0v) is 11.9. The third kappa shape index (κ3) is 2.73. The number of rotatable bonds is 4. The second-order valence-electron chi connectivity index (χ2n) is 5.28. The van der Waals surface area contributed by atoms with Crippen LogP contribution >= 0.6 is 0 Å². The molecule has 1 saturated heterocycles. The summed E-state index contributed by atoms with van der Waals surface area (Å²) in [5, 5.41) is 11.8. The Kier molecular flexibility index (Phi) is 3.83. The molecule has 7 heteroatoms. The molecule has 2 unspecified atom stereocenters. The average Bonchev–Trinajstić information content (AvgIpc) is 3.08. The maximum Gasteiger partial charge on any atom is 0.184 e. The lowest BCUT2D eigenvalue weighted by Gasteiger charge is -2.17. The van der Waals surface area contributed by atoms with Gasteiger partial charge in [-0.2, -0.15) is 0 Å². The highest BCUT2D eigenvalue weighted by Crippen LogP contribution is 2.28. The molecule has 3 rings (SSSR count). The highest BCUT2D eigenvalue weighted by atomic mass is 19.1.